The highest BCUT2D eigenvalue weighted by Crippen LogP contribution is 2.33. The Hall–Kier alpha value is -2.04. The van der Waals surface area contributed by atoms with Gasteiger partial charge in [0.2, 0.25) is 11.8 Å². The molecule has 1 fully saturated rings. The van der Waals surface area contributed by atoms with Gasteiger partial charge in [0.1, 0.15) is 18.4 Å². The van der Waals surface area contributed by atoms with Crippen LogP contribution >= 0.6 is 0 Å². The van der Waals surface area contributed by atoms with Gasteiger partial charge in [0, 0.05) is 6.42 Å². The number of hydrogen-bond donors (Lipinski definition) is 1. The Balaban J connectivity index is 1.88. The summed E-state index contributed by atoms with van der Waals surface area (Å²) in [5.41, 5.74) is 1.88. The topological polar surface area (TPSA) is 58.6 Å². The average Bonchev–Trinajstić information content (AvgIpc) is 2.84. The standard InChI is InChI=1S/C14H16N2O3/c1-9-2-4-12-11(8-9)16(6-7-19-12)14(18)10-3-5-13(17)15-10/h2,4,8,10H,3,5-7H2,1H3,(H,15,17). The van der Waals surface area contributed by atoms with E-state index in [1.807, 2.05) is 25.1 Å². The van der Waals surface area contributed by atoms with Gasteiger partial charge in [-0.25, -0.2) is 0 Å². The van der Waals surface area contributed by atoms with Gasteiger partial charge < -0.3 is 15.0 Å². The number of aryl methyl sites for hydroxylation is 1. The lowest BCUT2D eigenvalue weighted by molar-refractivity contribution is -0.124. The molecule has 100 valence electrons. The minimum absolute atomic E-state index is 0.0407. The summed E-state index contributed by atoms with van der Waals surface area (Å²) in [6.07, 6.45) is 1.01. The van der Waals surface area contributed by atoms with Crippen LogP contribution in [-0.2, 0) is 9.59 Å². The van der Waals surface area contributed by atoms with Gasteiger partial charge in [-0.2, -0.15) is 0 Å². The van der Waals surface area contributed by atoms with Crippen LogP contribution in [0, 0.1) is 6.92 Å². The average molecular weight is 260 g/mol. The van der Waals surface area contributed by atoms with Crippen molar-refractivity contribution in [2.24, 2.45) is 0 Å². The van der Waals surface area contributed by atoms with E-state index in [1.54, 1.807) is 4.90 Å². The number of anilines is 1. The third-order valence-electron chi connectivity index (χ3n) is 3.54. The number of fused-ring (bicyclic) bond motifs is 1. The maximum Gasteiger partial charge on any atom is 0.249 e. The van der Waals surface area contributed by atoms with E-state index in [4.69, 9.17) is 4.74 Å². The maximum atomic E-state index is 12.5. The lowest BCUT2D eigenvalue weighted by atomic mass is 10.1. The number of carbonyl (C=O) groups is 2. The molecule has 3 rings (SSSR count). The van der Waals surface area contributed by atoms with Crippen molar-refractivity contribution in [1.82, 2.24) is 5.32 Å². The van der Waals surface area contributed by atoms with Crippen LogP contribution in [0.25, 0.3) is 0 Å². The summed E-state index contributed by atoms with van der Waals surface area (Å²) in [6.45, 7) is 3.00. The Morgan fingerprint density at radius 2 is 2.32 bits per heavy atom. The number of nitrogens with zero attached hydrogens (tertiary/aromatic N) is 1. The molecule has 1 saturated heterocycles. The fourth-order valence-corrected chi connectivity index (χ4v) is 2.54. The lowest BCUT2D eigenvalue weighted by Crippen LogP contribution is -2.47. The number of carbonyl (C=O) groups excluding carboxylic acids is 2. The highest BCUT2D eigenvalue weighted by atomic mass is 16.5. The Bertz CT molecular complexity index is 541. The highest BCUT2D eigenvalue weighted by Gasteiger charge is 2.33. The van der Waals surface area contributed by atoms with E-state index in [0.29, 0.717) is 26.0 Å². The van der Waals surface area contributed by atoms with E-state index < -0.39 is 0 Å². The normalized spacial score (nSPS) is 21.6. The van der Waals surface area contributed by atoms with Crippen LogP contribution in [0.1, 0.15) is 18.4 Å². The van der Waals surface area contributed by atoms with Crippen LogP contribution in [0.2, 0.25) is 0 Å². The fourth-order valence-electron chi connectivity index (χ4n) is 2.54. The van der Waals surface area contributed by atoms with Gasteiger partial charge >= 0.3 is 0 Å². The molecule has 2 aliphatic rings. The molecule has 0 aromatic heterocycles. The minimum atomic E-state index is -0.390. The first-order chi connectivity index (χ1) is 9.15. The van der Waals surface area contributed by atoms with E-state index in [0.717, 1.165) is 17.0 Å². The Morgan fingerprint density at radius 3 is 3.05 bits per heavy atom. The molecule has 2 amide bonds. The zero-order valence-electron chi connectivity index (χ0n) is 10.8. The second-order valence-corrected chi connectivity index (χ2v) is 4.97. The molecule has 1 atom stereocenters. The first-order valence-corrected chi connectivity index (χ1v) is 6.49. The second kappa shape index (κ2) is 4.57. The van der Waals surface area contributed by atoms with Crippen LogP contribution < -0.4 is 15.0 Å². The minimum Gasteiger partial charge on any atom is -0.490 e. The summed E-state index contributed by atoms with van der Waals surface area (Å²) in [6, 6.07) is 5.41. The molecule has 5 nitrogen and oxygen atoms in total. The van der Waals surface area contributed by atoms with Crippen LogP contribution in [-0.4, -0.2) is 31.0 Å². The Kier molecular flexibility index (Phi) is 2.89. The zero-order valence-corrected chi connectivity index (χ0v) is 10.8. The van der Waals surface area contributed by atoms with Crippen molar-refractivity contribution in [1.29, 1.82) is 0 Å². The number of hydrogen-bond acceptors (Lipinski definition) is 3. The van der Waals surface area contributed by atoms with Gasteiger partial charge in [0.25, 0.3) is 0 Å². The van der Waals surface area contributed by atoms with Gasteiger partial charge in [-0.1, -0.05) is 6.07 Å². The first-order valence-electron chi connectivity index (χ1n) is 6.49. The molecular formula is C14H16N2O3. The van der Waals surface area contributed by atoms with E-state index >= 15 is 0 Å². The number of ether oxygens (including phenoxy) is 1. The second-order valence-electron chi connectivity index (χ2n) is 4.97. The van der Waals surface area contributed by atoms with Crippen molar-refractivity contribution in [3.8, 4) is 5.75 Å². The molecule has 1 aromatic rings. The van der Waals surface area contributed by atoms with E-state index in [2.05, 4.69) is 5.32 Å². The van der Waals surface area contributed by atoms with Gasteiger partial charge in [0.15, 0.2) is 0 Å². The number of amides is 2. The van der Waals surface area contributed by atoms with Crippen molar-refractivity contribution in [3.05, 3.63) is 23.8 Å². The van der Waals surface area contributed by atoms with Crippen LogP contribution in [0.4, 0.5) is 5.69 Å². The molecule has 0 spiro atoms. The molecule has 5 heteroatoms. The third kappa shape index (κ3) is 2.16. The SMILES string of the molecule is Cc1ccc2c(c1)N(C(=O)C1CCC(=O)N1)CCO2. The van der Waals surface area contributed by atoms with Gasteiger partial charge in [0.05, 0.1) is 12.2 Å². The summed E-state index contributed by atoms with van der Waals surface area (Å²) in [7, 11) is 0. The van der Waals surface area contributed by atoms with E-state index in [-0.39, 0.29) is 17.9 Å². The fraction of sp³-hybridized carbons (Fsp3) is 0.429. The first kappa shape index (κ1) is 12.0. The zero-order chi connectivity index (χ0) is 13.4. The van der Waals surface area contributed by atoms with Crippen LogP contribution in [0.3, 0.4) is 0 Å². The molecular weight excluding hydrogens is 244 g/mol. The van der Waals surface area contributed by atoms with Crippen molar-refractivity contribution < 1.29 is 14.3 Å². The van der Waals surface area contributed by atoms with Crippen LogP contribution in [0.15, 0.2) is 18.2 Å². The molecule has 1 N–H and O–H groups in total. The third-order valence-corrected chi connectivity index (χ3v) is 3.54. The Labute approximate surface area is 111 Å². The number of benzene rings is 1. The van der Waals surface area contributed by atoms with Gasteiger partial charge in [-0.15, -0.1) is 0 Å². The van der Waals surface area contributed by atoms with E-state index in [1.165, 1.54) is 0 Å². The molecule has 0 bridgehead atoms. The molecule has 1 unspecified atom stereocenters. The lowest BCUT2D eigenvalue weighted by Gasteiger charge is -2.31. The largest absolute Gasteiger partial charge is 0.490 e. The van der Waals surface area contributed by atoms with Gasteiger partial charge in [-0.05, 0) is 31.0 Å². The summed E-state index contributed by atoms with van der Waals surface area (Å²) in [5.74, 6) is 0.645. The molecule has 1 aromatic carbocycles. The van der Waals surface area contributed by atoms with Crippen molar-refractivity contribution >= 4 is 17.5 Å². The maximum absolute atomic E-state index is 12.5. The molecule has 2 heterocycles. The van der Waals surface area contributed by atoms with Crippen LogP contribution in [0.5, 0.6) is 5.75 Å². The summed E-state index contributed by atoms with van der Waals surface area (Å²) >= 11 is 0. The summed E-state index contributed by atoms with van der Waals surface area (Å²) in [5, 5.41) is 2.73. The predicted octanol–water partition coefficient (Wildman–Crippen LogP) is 0.999. The van der Waals surface area contributed by atoms with E-state index in [9.17, 15) is 9.59 Å². The molecule has 19 heavy (non-hydrogen) atoms. The monoisotopic (exact) mass is 260 g/mol. The molecule has 0 saturated carbocycles. The molecule has 2 aliphatic heterocycles. The predicted molar refractivity (Wildman–Crippen MR) is 70.2 cm³/mol. The van der Waals surface area contributed by atoms with Crippen molar-refractivity contribution in [2.45, 2.75) is 25.8 Å². The van der Waals surface area contributed by atoms with Gasteiger partial charge in [-0.3, -0.25) is 9.59 Å². The quantitative estimate of drug-likeness (QED) is 0.819. The molecule has 0 aliphatic carbocycles. The number of rotatable bonds is 1. The van der Waals surface area contributed by atoms with Crippen molar-refractivity contribution in [2.75, 3.05) is 18.1 Å². The van der Waals surface area contributed by atoms with Crippen molar-refractivity contribution in [3.63, 3.8) is 0 Å². The molecule has 0 radical (unpaired) electrons. The smallest absolute Gasteiger partial charge is 0.249 e. The highest BCUT2D eigenvalue weighted by molar-refractivity contribution is 6.02. The summed E-state index contributed by atoms with van der Waals surface area (Å²) in [4.78, 5) is 25.4. The number of nitrogens with one attached hydrogen (secondary N) is 1. The summed E-state index contributed by atoms with van der Waals surface area (Å²) < 4.78 is 5.56. The Morgan fingerprint density at radius 1 is 1.47 bits per heavy atom.